The van der Waals surface area contributed by atoms with E-state index < -0.39 is 29.2 Å². The number of carbonyl (C=O) groups is 1. The van der Waals surface area contributed by atoms with Crippen LogP contribution in [0.5, 0.6) is 0 Å². The lowest BCUT2D eigenvalue weighted by atomic mass is 10.1. The molecule has 1 N–H and O–H groups in total. The SMILES string of the molecule is Cc1cc(F)c(F)c(CNc2nc(Cl)c3n(c2=O)[C@H](C(=O)OCc2ccccc2)CC3)c1. The van der Waals surface area contributed by atoms with Gasteiger partial charge in [0.15, 0.2) is 22.6 Å². The molecule has 0 saturated heterocycles. The van der Waals surface area contributed by atoms with Crippen molar-refractivity contribution in [3.8, 4) is 0 Å². The average molecular weight is 460 g/mol. The maximum atomic E-state index is 14.1. The number of nitrogens with zero attached hydrogens (tertiary/aromatic N) is 2. The maximum Gasteiger partial charge on any atom is 0.329 e. The molecule has 6 nitrogen and oxygen atoms in total. The Labute approximate surface area is 187 Å². The number of ether oxygens (including phenoxy) is 1. The third-order valence-electron chi connectivity index (χ3n) is 5.32. The molecule has 1 aromatic heterocycles. The molecule has 0 radical (unpaired) electrons. The Hall–Kier alpha value is -3.26. The minimum Gasteiger partial charge on any atom is -0.459 e. The fourth-order valence-corrected chi connectivity index (χ4v) is 4.04. The third-order valence-corrected chi connectivity index (χ3v) is 5.62. The number of halogens is 3. The van der Waals surface area contributed by atoms with Gasteiger partial charge in [-0.05, 0) is 37.0 Å². The van der Waals surface area contributed by atoms with Gasteiger partial charge >= 0.3 is 5.97 Å². The van der Waals surface area contributed by atoms with Crippen molar-refractivity contribution in [2.45, 2.75) is 39.0 Å². The van der Waals surface area contributed by atoms with Crippen LogP contribution >= 0.6 is 11.6 Å². The number of carbonyl (C=O) groups excluding carboxylic acids is 1. The zero-order chi connectivity index (χ0) is 22.8. The Morgan fingerprint density at radius 2 is 2.03 bits per heavy atom. The molecule has 32 heavy (non-hydrogen) atoms. The third kappa shape index (κ3) is 4.36. The first-order valence-corrected chi connectivity index (χ1v) is 10.4. The number of hydrogen-bond donors (Lipinski definition) is 1. The van der Waals surface area contributed by atoms with Crippen LogP contribution in [0.25, 0.3) is 0 Å². The van der Waals surface area contributed by atoms with Crippen LogP contribution in [0.4, 0.5) is 14.6 Å². The van der Waals surface area contributed by atoms with Gasteiger partial charge in [-0.25, -0.2) is 18.6 Å². The van der Waals surface area contributed by atoms with Crippen LogP contribution in [-0.4, -0.2) is 15.5 Å². The number of anilines is 1. The summed E-state index contributed by atoms with van der Waals surface area (Å²) < 4.78 is 34.4. The molecule has 1 aliphatic heterocycles. The number of benzene rings is 2. The lowest BCUT2D eigenvalue weighted by molar-refractivity contribution is -0.148. The summed E-state index contributed by atoms with van der Waals surface area (Å²) >= 11 is 6.26. The first-order chi connectivity index (χ1) is 15.3. The summed E-state index contributed by atoms with van der Waals surface area (Å²) in [5.41, 5.74) is 1.28. The van der Waals surface area contributed by atoms with Crippen molar-refractivity contribution in [1.82, 2.24) is 9.55 Å². The normalized spacial score (nSPS) is 14.8. The van der Waals surface area contributed by atoms with E-state index in [1.54, 1.807) is 6.92 Å². The van der Waals surface area contributed by atoms with E-state index in [9.17, 15) is 18.4 Å². The summed E-state index contributed by atoms with van der Waals surface area (Å²) in [6, 6.07) is 10.9. The first kappa shape index (κ1) is 22.0. The van der Waals surface area contributed by atoms with Crippen LogP contribution in [0.2, 0.25) is 5.15 Å². The molecular weight excluding hydrogens is 440 g/mol. The Balaban J connectivity index is 1.56. The van der Waals surface area contributed by atoms with Gasteiger partial charge in [0.2, 0.25) is 0 Å². The van der Waals surface area contributed by atoms with Crippen LogP contribution in [0, 0.1) is 18.6 Å². The monoisotopic (exact) mass is 459 g/mol. The predicted molar refractivity (Wildman–Crippen MR) is 116 cm³/mol. The summed E-state index contributed by atoms with van der Waals surface area (Å²) in [5.74, 6) is -2.67. The van der Waals surface area contributed by atoms with E-state index in [2.05, 4.69) is 10.3 Å². The molecule has 0 amide bonds. The molecule has 0 unspecified atom stereocenters. The van der Waals surface area contributed by atoms with Crippen molar-refractivity contribution in [2.24, 2.45) is 0 Å². The van der Waals surface area contributed by atoms with E-state index in [0.717, 1.165) is 11.6 Å². The van der Waals surface area contributed by atoms with Crippen LogP contribution in [0.3, 0.4) is 0 Å². The van der Waals surface area contributed by atoms with Gasteiger partial charge in [-0.2, -0.15) is 0 Å². The highest BCUT2D eigenvalue weighted by molar-refractivity contribution is 6.30. The minimum absolute atomic E-state index is 0.0455. The van der Waals surface area contributed by atoms with Gasteiger partial charge < -0.3 is 10.1 Å². The maximum absolute atomic E-state index is 14.1. The summed E-state index contributed by atoms with van der Waals surface area (Å²) in [4.78, 5) is 29.8. The van der Waals surface area contributed by atoms with Gasteiger partial charge in [-0.1, -0.05) is 48.0 Å². The summed E-state index contributed by atoms with van der Waals surface area (Å²) in [6.45, 7) is 1.55. The van der Waals surface area contributed by atoms with E-state index >= 15 is 0 Å². The fourth-order valence-electron chi connectivity index (χ4n) is 3.77. The minimum atomic E-state index is -1.00. The van der Waals surface area contributed by atoms with Gasteiger partial charge in [0.25, 0.3) is 5.56 Å². The second-order valence-corrected chi connectivity index (χ2v) is 7.95. The van der Waals surface area contributed by atoms with E-state index in [1.807, 2.05) is 30.3 Å². The van der Waals surface area contributed by atoms with Crippen LogP contribution in [-0.2, 0) is 29.1 Å². The highest BCUT2D eigenvalue weighted by atomic mass is 35.5. The van der Waals surface area contributed by atoms with Gasteiger partial charge in [0.05, 0.1) is 5.69 Å². The summed E-state index contributed by atoms with van der Waals surface area (Å²) in [6.07, 6.45) is 0.746. The van der Waals surface area contributed by atoms with Crippen LogP contribution in [0.15, 0.2) is 47.3 Å². The Morgan fingerprint density at radius 3 is 2.78 bits per heavy atom. The molecule has 3 aromatic rings. The van der Waals surface area contributed by atoms with Crippen molar-refractivity contribution in [3.63, 3.8) is 0 Å². The number of aromatic nitrogens is 2. The van der Waals surface area contributed by atoms with Gasteiger partial charge in [-0.15, -0.1) is 0 Å². The molecule has 9 heteroatoms. The largest absolute Gasteiger partial charge is 0.459 e. The zero-order valence-electron chi connectivity index (χ0n) is 17.2. The number of rotatable bonds is 6. The van der Waals surface area contributed by atoms with Crippen LogP contribution < -0.4 is 10.9 Å². The Morgan fingerprint density at radius 1 is 1.28 bits per heavy atom. The second kappa shape index (κ2) is 9.08. The molecule has 4 rings (SSSR count). The van der Waals surface area contributed by atoms with Crippen molar-refractivity contribution in [1.29, 1.82) is 0 Å². The van der Waals surface area contributed by atoms with Gasteiger partial charge in [-0.3, -0.25) is 9.36 Å². The van der Waals surface area contributed by atoms with Crippen molar-refractivity contribution >= 4 is 23.4 Å². The van der Waals surface area contributed by atoms with Crippen molar-refractivity contribution < 1.29 is 18.3 Å². The average Bonchev–Trinajstić information content (AvgIpc) is 3.23. The van der Waals surface area contributed by atoms with E-state index in [4.69, 9.17) is 16.3 Å². The molecule has 0 fully saturated rings. The summed E-state index contributed by atoms with van der Waals surface area (Å²) in [5, 5.41) is 2.80. The van der Waals surface area contributed by atoms with Crippen molar-refractivity contribution in [3.05, 3.63) is 92.0 Å². The quantitative estimate of drug-likeness (QED) is 0.555. The number of esters is 1. The molecule has 1 aliphatic rings. The molecule has 2 aromatic carbocycles. The molecule has 2 heterocycles. The first-order valence-electron chi connectivity index (χ1n) is 10.0. The van der Waals surface area contributed by atoms with E-state index in [1.165, 1.54) is 10.6 Å². The number of hydrogen-bond acceptors (Lipinski definition) is 5. The highest BCUT2D eigenvalue weighted by Gasteiger charge is 2.34. The lowest BCUT2D eigenvalue weighted by Crippen LogP contribution is -2.31. The molecule has 0 saturated carbocycles. The molecule has 1 atom stereocenters. The van der Waals surface area contributed by atoms with E-state index in [0.29, 0.717) is 24.1 Å². The molecule has 0 bridgehead atoms. The molecular formula is C23H20ClF2N3O3. The van der Waals surface area contributed by atoms with Crippen LogP contribution in [0.1, 0.15) is 34.8 Å². The standard InChI is InChI=1S/C23H20ClF2N3O3/c1-13-9-15(19(26)16(25)10-13)11-27-21-22(30)29-17(20(24)28-21)7-8-18(29)23(31)32-12-14-5-3-2-4-6-14/h2-6,9-10,18H,7-8,11-12H2,1H3,(H,27,28)/t18-/m0/s1. The highest BCUT2D eigenvalue weighted by Crippen LogP contribution is 2.30. The van der Waals surface area contributed by atoms with Gasteiger partial charge in [0, 0.05) is 12.1 Å². The topological polar surface area (TPSA) is 73.2 Å². The molecule has 0 aliphatic carbocycles. The predicted octanol–water partition coefficient (Wildman–Crippen LogP) is 4.33. The Bertz CT molecular complexity index is 1230. The van der Waals surface area contributed by atoms with E-state index in [-0.39, 0.29) is 29.7 Å². The second-order valence-electron chi connectivity index (χ2n) is 7.59. The summed E-state index contributed by atoms with van der Waals surface area (Å²) in [7, 11) is 0. The van der Waals surface area contributed by atoms with Crippen molar-refractivity contribution in [2.75, 3.05) is 5.32 Å². The number of fused-ring (bicyclic) bond motifs is 1. The Kier molecular flexibility index (Phi) is 6.23. The lowest BCUT2D eigenvalue weighted by Gasteiger charge is -2.16. The smallest absolute Gasteiger partial charge is 0.329 e. The number of nitrogens with one attached hydrogen (secondary N) is 1. The molecule has 166 valence electrons. The number of aryl methyl sites for hydroxylation is 1. The van der Waals surface area contributed by atoms with Gasteiger partial charge in [0.1, 0.15) is 12.6 Å². The fraction of sp³-hybridized carbons (Fsp3) is 0.261. The zero-order valence-corrected chi connectivity index (χ0v) is 18.0. The molecule has 0 spiro atoms.